The number of carbonyl (C=O) groups is 1. The normalized spacial score (nSPS) is 12.8. The molecule has 0 spiro atoms. The summed E-state index contributed by atoms with van der Waals surface area (Å²) in [5, 5.41) is 32.0. The van der Waals surface area contributed by atoms with E-state index in [9.17, 15) is 15.0 Å². The molecule has 0 aliphatic carbocycles. The van der Waals surface area contributed by atoms with Crippen molar-refractivity contribution >= 4 is 5.91 Å². The second kappa shape index (κ2) is 44.7. The molecular weight excluding hydrogens is 643 g/mol. The van der Waals surface area contributed by atoms with Crippen LogP contribution >= 0.6 is 0 Å². The molecule has 0 aromatic heterocycles. The van der Waals surface area contributed by atoms with Crippen molar-refractivity contribution < 1.29 is 20.1 Å². The fourth-order valence-corrected chi connectivity index (χ4v) is 7.75. The van der Waals surface area contributed by atoms with Gasteiger partial charge in [-0.25, -0.2) is 0 Å². The molecule has 5 heteroatoms. The zero-order chi connectivity index (χ0) is 37.8. The molecule has 0 radical (unpaired) electrons. The van der Waals surface area contributed by atoms with Crippen molar-refractivity contribution in [2.24, 2.45) is 0 Å². The summed E-state index contributed by atoms with van der Waals surface area (Å²) in [5.41, 5.74) is 0. The van der Waals surface area contributed by atoms with E-state index in [-0.39, 0.29) is 12.5 Å². The number of aliphatic hydroxyl groups is 3. The van der Waals surface area contributed by atoms with Crippen molar-refractivity contribution in [1.82, 2.24) is 5.32 Å². The van der Waals surface area contributed by atoms with Gasteiger partial charge in [0.15, 0.2) is 0 Å². The Hall–Kier alpha value is -0.650. The SMILES string of the molecule is CCCCCCCCCCCCCCC[C@@H](O)[C@H](CO)NC(=O)CCCCCCCCCCCCCCCCCCCCCCCCCCCCO. The lowest BCUT2D eigenvalue weighted by atomic mass is 10.0. The molecule has 5 nitrogen and oxygen atoms in total. The smallest absolute Gasteiger partial charge is 0.220 e. The van der Waals surface area contributed by atoms with Crippen LogP contribution in [0.15, 0.2) is 0 Å². The third-order valence-electron chi connectivity index (χ3n) is 11.4. The Morgan fingerprint density at radius 2 is 0.673 bits per heavy atom. The van der Waals surface area contributed by atoms with E-state index >= 15 is 0 Å². The summed E-state index contributed by atoms with van der Waals surface area (Å²) in [6.45, 7) is 2.44. The topological polar surface area (TPSA) is 89.8 Å². The molecule has 1 amide bonds. The van der Waals surface area contributed by atoms with Crippen molar-refractivity contribution in [2.45, 2.75) is 282 Å². The predicted octanol–water partition coefficient (Wildman–Crippen LogP) is 13.8. The van der Waals surface area contributed by atoms with Gasteiger partial charge in [-0.1, -0.05) is 244 Å². The van der Waals surface area contributed by atoms with E-state index in [1.54, 1.807) is 0 Å². The standard InChI is InChI=1S/C47H95NO4/c1-2-3-4-5-6-7-8-23-26-29-32-35-38-41-46(51)45(44-50)48-47(52)42-39-36-33-30-27-24-21-19-17-15-13-11-9-10-12-14-16-18-20-22-25-28-31-34-37-40-43-49/h45-46,49-51H,2-44H2,1H3,(H,48,52)/t45-,46+/m0/s1. The lowest BCUT2D eigenvalue weighted by molar-refractivity contribution is -0.123. The van der Waals surface area contributed by atoms with E-state index in [4.69, 9.17) is 5.11 Å². The van der Waals surface area contributed by atoms with E-state index in [1.807, 2.05) is 0 Å². The summed E-state index contributed by atoms with van der Waals surface area (Å²) in [6, 6.07) is -0.533. The highest BCUT2D eigenvalue weighted by Gasteiger charge is 2.20. The summed E-state index contributed by atoms with van der Waals surface area (Å²) in [4.78, 5) is 12.4. The molecule has 0 aliphatic heterocycles. The number of carbonyl (C=O) groups excluding carboxylic acids is 1. The van der Waals surface area contributed by atoms with Gasteiger partial charge >= 0.3 is 0 Å². The number of amides is 1. The van der Waals surface area contributed by atoms with Crippen LogP contribution in [0.25, 0.3) is 0 Å². The van der Waals surface area contributed by atoms with Gasteiger partial charge in [-0.05, 0) is 19.3 Å². The molecule has 0 heterocycles. The van der Waals surface area contributed by atoms with Crippen LogP contribution in [-0.2, 0) is 4.79 Å². The third-order valence-corrected chi connectivity index (χ3v) is 11.4. The maximum Gasteiger partial charge on any atom is 0.220 e. The van der Waals surface area contributed by atoms with Crippen LogP contribution in [0.1, 0.15) is 270 Å². The predicted molar refractivity (Wildman–Crippen MR) is 227 cm³/mol. The first kappa shape index (κ1) is 51.4. The summed E-state index contributed by atoms with van der Waals surface area (Å²) >= 11 is 0. The van der Waals surface area contributed by atoms with Gasteiger partial charge in [-0.3, -0.25) is 4.79 Å². The second-order valence-corrected chi connectivity index (χ2v) is 16.6. The fourth-order valence-electron chi connectivity index (χ4n) is 7.75. The number of aliphatic hydroxyl groups excluding tert-OH is 3. The average molecular weight is 738 g/mol. The summed E-state index contributed by atoms with van der Waals surface area (Å²) < 4.78 is 0. The van der Waals surface area contributed by atoms with E-state index in [0.29, 0.717) is 19.4 Å². The second-order valence-electron chi connectivity index (χ2n) is 16.6. The highest BCUT2D eigenvalue weighted by atomic mass is 16.3. The quantitative estimate of drug-likeness (QED) is 0.0468. The van der Waals surface area contributed by atoms with Crippen LogP contribution in [0.5, 0.6) is 0 Å². The van der Waals surface area contributed by atoms with Crippen LogP contribution < -0.4 is 5.32 Å². The van der Waals surface area contributed by atoms with Gasteiger partial charge in [0.2, 0.25) is 5.91 Å². The van der Waals surface area contributed by atoms with Gasteiger partial charge in [0, 0.05) is 13.0 Å². The molecule has 4 N–H and O–H groups in total. The number of rotatable bonds is 45. The Balaban J connectivity index is 3.39. The zero-order valence-corrected chi connectivity index (χ0v) is 35.3. The Morgan fingerprint density at radius 3 is 0.962 bits per heavy atom. The van der Waals surface area contributed by atoms with Crippen molar-refractivity contribution in [3.05, 3.63) is 0 Å². The molecular formula is C47H95NO4. The van der Waals surface area contributed by atoms with Gasteiger partial charge in [0.25, 0.3) is 0 Å². The summed E-state index contributed by atoms with van der Waals surface area (Å²) in [7, 11) is 0. The third kappa shape index (κ3) is 40.5. The van der Waals surface area contributed by atoms with E-state index in [2.05, 4.69) is 12.2 Å². The molecule has 0 fully saturated rings. The molecule has 0 saturated heterocycles. The van der Waals surface area contributed by atoms with Gasteiger partial charge in [0.1, 0.15) is 0 Å². The molecule has 0 saturated carbocycles. The molecule has 0 aliphatic rings. The summed E-state index contributed by atoms with van der Waals surface area (Å²) in [6.07, 6.45) is 52.1. The van der Waals surface area contributed by atoms with Crippen LogP contribution in [0, 0.1) is 0 Å². The van der Waals surface area contributed by atoms with E-state index < -0.39 is 12.1 Å². The monoisotopic (exact) mass is 738 g/mol. The van der Waals surface area contributed by atoms with Crippen LogP contribution in [0.4, 0.5) is 0 Å². The van der Waals surface area contributed by atoms with Crippen molar-refractivity contribution in [2.75, 3.05) is 13.2 Å². The highest BCUT2D eigenvalue weighted by Crippen LogP contribution is 2.17. The van der Waals surface area contributed by atoms with E-state index in [0.717, 1.165) is 32.1 Å². The minimum atomic E-state index is -0.656. The molecule has 52 heavy (non-hydrogen) atoms. The van der Waals surface area contributed by atoms with Crippen LogP contribution in [0.2, 0.25) is 0 Å². The first-order valence-corrected chi connectivity index (χ1v) is 23.8. The van der Waals surface area contributed by atoms with Gasteiger partial charge < -0.3 is 20.6 Å². The number of hydrogen-bond acceptors (Lipinski definition) is 4. The largest absolute Gasteiger partial charge is 0.396 e. The first-order chi connectivity index (χ1) is 25.7. The molecule has 2 atom stereocenters. The minimum absolute atomic E-state index is 0.0294. The number of nitrogens with one attached hydrogen (secondary N) is 1. The molecule has 0 aromatic carbocycles. The minimum Gasteiger partial charge on any atom is -0.396 e. The van der Waals surface area contributed by atoms with Crippen molar-refractivity contribution in [1.29, 1.82) is 0 Å². The summed E-state index contributed by atoms with van der Waals surface area (Å²) in [5.74, 6) is -0.0294. The van der Waals surface area contributed by atoms with Crippen LogP contribution in [-0.4, -0.2) is 46.6 Å². The number of hydrogen-bond donors (Lipinski definition) is 4. The van der Waals surface area contributed by atoms with Gasteiger partial charge in [-0.2, -0.15) is 0 Å². The highest BCUT2D eigenvalue weighted by molar-refractivity contribution is 5.76. The Morgan fingerprint density at radius 1 is 0.404 bits per heavy atom. The van der Waals surface area contributed by atoms with Gasteiger partial charge in [0.05, 0.1) is 18.8 Å². The Bertz CT molecular complexity index is 674. The first-order valence-electron chi connectivity index (χ1n) is 23.8. The maximum atomic E-state index is 12.4. The molecule has 0 bridgehead atoms. The Labute approximate surface area is 326 Å². The average Bonchev–Trinajstić information content (AvgIpc) is 3.15. The van der Waals surface area contributed by atoms with Gasteiger partial charge in [-0.15, -0.1) is 0 Å². The van der Waals surface area contributed by atoms with Crippen molar-refractivity contribution in [3.8, 4) is 0 Å². The lowest BCUT2D eigenvalue weighted by Gasteiger charge is -2.22. The molecule has 0 unspecified atom stereocenters. The zero-order valence-electron chi connectivity index (χ0n) is 35.3. The van der Waals surface area contributed by atoms with E-state index in [1.165, 1.54) is 218 Å². The lowest BCUT2D eigenvalue weighted by Crippen LogP contribution is -2.45. The molecule has 312 valence electrons. The maximum absolute atomic E-state index is 12.4. The van der Waals surface area contributed by atoms with Crippen LogP contribution in [0.3, 0.4) is 0 Å². The number of unbranched alkanes of at least 4 members (excludes halogenated alkanes) is 37. The van der Waals surface area contributed by atoms with Crippen molar-refractivity contribution in [3.63, 3.8) is 0 Å². The molecule has 0 aromatic rings. The fraction of sp³-hybridized carbons (Fsp3) is 0.979. The Kier molecular flexibility index (Phi) is 44.2. The molecule has 0 rings (SSSR count).